The van der Waals surface area contributed by atoms with Gasteiger partial charge in [-0.25, -0.2) is 9.78 Å². The Morgan fingerprint density at radius 3 is 2.77 bits per heavy atom. The van der Waals surface area contributed by atoms with Gasteiger partial charge in [0.25, 0.3) is 0 Å². The van der Waals surface area contributed by atoms with Crippen molar-refractivity contribution in [1.29, 1.82) is 0 Å². The summed E-state index contributed by atoms with van der Waals surface area (Å²) in [5.41, 5.74) is 3.30. The summed E-state index contributed by atoms with van der Waals surface area (Å²) in [6.45, 7) is 3.96. The Balaban J connectivity index is 1.54. The van der Waals surface area contributed by atoms with Crippen LogP contribution in [0.25, 0.3) is 10.9 Å². The van der Waals surface area contributed by atoms with Gasteiger partial charge in [-0.05, 0) is 24.4 Å². The van der Waals surface area contributed by atoms with Crippen LogP contribution < -0.4 is 10.2 Å². The summed E-state index contributed by atoms with van der Waals surface area (Å²) in [4.78, 5) is 20.5. The average Bonchev–Trinajstić information content (AvgIpc) is 3.21. The first-order valence-corrected chi connectivity index (χ1v) is 9.49. The lowest BCUT2D eigenvalue weighted by atomic mass is 10.2. The number of aryl methyl sites for hydroxylation is 1. The summed E-state index contributed by atoms with van der Waals surface area (Å²) in [6, 6.07) is 10.4. The molecular formula is C19H25N5OS. The monoisotopic (exact) mass is 371 g/mol. The molecular weight excluding hydrogens is 346 g/mol. The molecule has 0 bridgehead atoms. The minimum absolute atomic E-state index is 0.0847. The number of para-hydroxylation sites is 1. The molecule has 2 amide bonds. The molecule has 0 radical (unpaired) electrons. The highest BCUT2D eigenvalue weighted by molar-refractivity contribution is 7.13. The maximum absolute atomic E-state index is 12.3. The third-order valence-electron chi connectivity index (χ3n) is 4.37. The van der Waals surface area contributed by atoms with Crippen LogP contribution in [0.15, 0.2) is 35.7 Å². The van der Waals surface area contributed by atoms with Crippen molar-refractivity contribution < 1.29 is 4.79 Å². The van der Waals surface area contributed by atoms with Gasteiger partial charge in [-0.15, -0.1) is 11.3 Å². The first kappa shape index (κ1) is 18.3. The molecule has 0 aliphatic rings. The highest BCUT2D eigenvalue weighted by atomic mass is 32.1. The molecule has 0 aliphatic carbocycles. The lowest BCUT2D eigenvalue weighted by Crippen LogP contribution is -2.38. The number of urea groups is 1. The van der Waals surface area contributed by atoms with Gasteiger partial charge < -0.3 is 19.7 Å². The number of hydrogen-bond acceptors (Lipinski definition) is 4. The van der Waals surface area contributed by atoms with E-state index in [9.17, 15) is 4.79 Å². The van der Waals surface area contributed by atoms with Gasteiger partial charge in [0.2, 0.25) is 0 Å². The van der Waals surface area contributed by atoms with E-state index in [4.69, 9.17) is 0 Å². The first-order chi connectivity index (χ1) is 12.5. The molecule has 1 aromatic carbocycles. The van der Waals surface area contributed by atoms with Gasteiger partial charge in [0, 0.05) is 50.8 Å². The molecule has 0 spiro atoms. The van der Waals surface area contributed by atoms with Crippen LogP contribution in [0.5, 0.6) is 0 Å². The molecule has 7 heteroatoms. The Hall–Kier alpha value is -2.54. The highest BCUT2D eigenvalue weighted by Crippen LogP contribution is 2.19. The molecule has 0 aliphatic heterocycles. The van der Waals surface area contributed by atoms with E-state index in [0.717, 1.165) is 17.4 Å². The van der Waals surface area contributed by atoms with Gasteiger partial charge >= 0.3 is 6.03 Å². The van der Waals surface area contributed by atoms with Crippen LogP contribution in [0.1, 0.15) is 11.4 Å². The van der Waals surface area contributed by atoms with Gasteiger partial charge in [-0.3, -0.25) is 0 Å². The Morgan fingerprint density at radius 1 is 1.27 bits per heavy atom. The topological polar surface area (TPSA) is 53.4 Å². The highest BCUT2D eigenvalue weighted by Gasteiger charge is 2.11. The summed E-state index contributed by atoms with van der Waals surface area (Å²) in [6.07, 6.45) is 0. The number of rotatable bonds is 6. The molecule has 2 aromatic heterocycles. The summed E-state index contributed by atoms with van der Waals surface area (Å²) >= 11 is 1.58. The van der Waals surface area contributed by atoms with E-state index >= 15 is 0 Å². The van der Waals surface area contributed by atoms with Crippen LogP contribution in [0, 0.1) is 6.92 Å². The number of carbonyl (C=O) groups excluding carboxylic acids is 1. The van der Waals surface area contributed by atoms with Crippen molar-refractivity contribution in [2.45, 2.75) is 20.0 Å². The van der Waals surface area contributed by atoms with Gasteiger partial charge in [-0.2, -0.15) is 0 Å². The molecule has 3 rings (SSSR count). The smallest absolute Gasteiger partial charge is 0.317 e. The molecule has 0 fully saturated rings. The maximum Gasteiger partial charge on any atom is 0.317 e. The van der Waals surface area contributed by atoms with Gasteiger partial charge in [-0.1, -0.05) is 18.2 Å². The number of thiazole rings is 1. The number of hydrogen-bond donors (Lipinski definition) is 1. The number of anilines is 1. The Kier molecular flexibility index (Phi) is 5.46. The third kappa shape index (κ3) is 3.99. The first-order valence-electron chi connectivity index (χ1n) is 8.61. The molecule has 0 atom stereocenters. The predicted molar refractivity (Wildman–Crippen MR) is 108 cm³/mol. The van der Waals surface area contributed by atoms with E-state index in [1.165, 1.54) is 16.6 Å². The standard InChI is InChI=1S/C19H25N5OS/c1-14-11-15-7-5-6-8-17(15)24(14)10-9-23(4)18(25)20-12-16-13-26-19(21-16)22(2)3/h5-8,11,13H,9-10,12H2,1-4H3,(H,20,25). The molecule has 26 heavy (non-hydrogen) atoms. The summed E-state index contributed by atoms with van der Waals surface area (Å²) in [5.74, 6) is 0. The summed E-state index contributed by atoms with van der Waals surface area (Å²) in [5, 5.41) is 7.09. The molecule has 138 valence electrons. The Morgan fingerprint density at radius 2 is 2.04 bits per heavy atom. The second-order valence-corrected chi connectivity index (χ2v) is 7.43. The molecule has 2 heterocycles. The third-order valence-corrected chi connectivity index (χ3v) is 5.42. The van der Waals surface area contributed by atoms with E-state index in [2.05, 4.69) is 40.0 Å². The van der Waals surface area contributed by atoms with Gasteiger partial charge in [0.1, 0.15) is 0 Å². The van der Waals surface area contributed by atoms with E-state index < -0.39 is 0 Å². The number of likely N-dealkylation sites (N-methyl/N-ethyl adjacent to an activating group) is 1. The molecule has 6 nitrogen and oxygen atoms in total. The van der Waals surface area contributed by atoms with Crippen molar-refractivity contribution in [3.05, 3.63) is 47.1 Å². The SMILES string of the molecule is Cc1cc2ccccc2n1CCN(C)C(=O)NCc1csc(N(C)C)n1. The fourth-order valence-electron chi connectivity index (χ4n) is 2.88. The zero-order chi connectivity index (χ0) is 18.7. The van der Waals surface area contributed by atoms with Crippen LogP contribution in [-0.2, 0) is 13.1 Å². The van der Waals surface area contributed by atoms with E-state index in [1.54, 1.807) is 16.2 Å². The zero-order valence-corrected chi connectivity index (χ0v) is 16.5. The van der Waals surface area contributed by atoms with Crippen molar-refractivity contribution in [2.24, 2.45) is 0 Å². The van der Waals surface area contributed by atoms with E-state index in [0.29, 0.717) is 13.1 Å². The van der Waals surface area contributed by atoms with E-state index in [-0.39, 0.29) is 6.03 Å². The lowest BCUT2D eigenvalue weighted by molar-refractivity contribution is 0.206. The molecule has 0 saturated carbocycles. The van der Waals surface area contributed by atoms with Crippen LogP contribution in [0.2, 0.25) is 0 Å². The predicted octanol–water partition coefficient (Wildman–Crippen LogP) is 3.31. The van der Waals surface area contributed by atoms with Crippen LogP contribution in [0.4, 0.5) is 9.93 Å². The number of nitrogens with one attached hydrogen (secondary N) is 1. The lowest BCUT2D eigenvalue weighted by Gasteiger charge is -2.19. The minimum atomic E-state index is -0.0847. The van der Waals surface area contributed by atoms with Gasteiger partial charge in [0.15, 0.2) is 5.13 Å². The van der Waals surface area contributed by atoms with Crippen molar-refractivity contribution in [1.82, 2.24) is 19.8 Å². The van der Waals surface area contributed by atoms with Gasteiger partial charge in [0.05, 0.1) is 12.2 Å². The molecule has 0 saturated heterocycles. The number of nitrogens with zero attached hydrogens (tertiary/aromatic N) is 4. The van der Waals surface area contributed by atoms with E-state index in [1.807, 2.05) is 43.6 Å². The fraction of sp³-hybridized carbons (Fsp3) is 0.368. The quantitative estimate of drug-likeness (QED) is 0.723. The van der Waals surface area contributed by atoms with Crippen molar-refractivity contribution >= 4 is 33.4 Å². The number of benzene rings is 1. The van der Waals surface area contributed by atoms with Crippen molar-refractivity contribution in [3.63, 3.8) is 0 Å². The number of aromatic nitrogens is 2. The minimum Gasteiger partial charge on any atom is -0.354 e. The van der Waals surface area contributed by atoms with Crippen molar-refractivity contribution in [3.8, 4) is 0 Å². The number of fused-ring (bicyclic) bond motifs is 1. The second-order valence-electron chi connectivity index (χ2n) is 6.59. The average molecular weight is 372 g/mol. The molecule has 1 N–H and O–H groups in total. The normalized spacial score (nSPS) is 10.9. The van der Waals surface area contributed by atoms with Crippen LogP contribution in [-0.4, -0.2) is 48.2 Å². The summed E-state index contributed by atoms with van der Waals surface area (Å²) < 4.78 is 2.25. The Bertz CT molecular complexity index is 898. The zero-order valence-electron chi connectivity index (χ0n) is 15.7. The Labute approximate surface area is 158 Å². The van der Waals surface area contributed by atoms with Crippen molar-refractivity contribution in [2.75, 3.05) is 32.6 Å². The number of carbonyl (C=O) groups is 1. The molecule has 0 unspecified atom stereocenters. The van der Waals surface area contributed by atoms with Crippen LogP contribution >= 0.6 is 11.3 Å². The summed E-state index contributed by atoms with van der Waals surface area (Å²) in [7, 11) is 5.74. The maximum atomic E-state index is 12.3. The largest absolute Gasteiger partial charge is 0.354 e. The van der Waals surface area contributed by atoms with Crippen LogP contribution in [0.3, 0.4) is 0 Å². The second kappa shape index (κ2) is 7.78. The fourth-order valence-corrected chi connectivity index (χ4v) is 3.64. The number of amides is 2. The molecule has 3 aromatic rings.